The predicted molar refractivity (Wildman–Crippen MR) is 112 cm³/mol. The molecule has 28 heavy (non-hydrogen) atoms. The van der Waals surface area contributed by atoms with Gasteiger partial charge in [-0.15, -0.1) is 0 Å². The molecule has 2 amide bonds. The number of carbonyl (C=O) groups excluding carboxylic acids is 2. The van der Waals surface area contributed by atoms with Crippen molar-refractivity contribution in [3.63, 3.8) is 0 Å². The summed E-state index contributed by atoms with van der Waals surface area (Å²) in [5.74, 6) is 0.346. The van der Waals surface area contributed by atoms with E-state index in [0.717, 1.165) is 23.7 Å². The number of hydrogen-bond acceptors (Lipinski definition) is 2. The highest BCUT2D eigenvalue weighted by Gasteiger charge is 2.22. The van der Waals surface area contributed by atoms with Crippen LogP contribution >= 0.6 is 0 Å². The number of aromatic nitrogens is 1. The molecular formula is C23H25N3O2. The lowest BCUT2D eigenvalue weighted by Gasteiger charge is -2.17. The van der Waals surface area contributed by atoms with Crippen LogP contribution in [0.2, 0.25) is 0 Å². The van der Waals surface area contributed by atoms with Crippen LogP contribution in [0.1, 0.15) is 52.2 Å². The van der Waals surface area contributed by atoms with Crippen LogP contribution in [0.3, 0.4) is 0 Å². The van der Waals surface area contributed by atoms with Crippen LogP contribution in [-0.4, -0.2) is 23.3 Å². The molecule has 1 aliphatic carbocycles. The fourth-order valence-electron chi connectivity index (χ4n) is 4.00. The van der Waals surface area contributed by atoms with Gasteiger partial charge in [0.1, 0.15) is 0 Å². The largest absolute Gasteiger partial charge is 0.358 e. The Kier molecular flexibility index (Phi) is 4.90. The van der Waals surface area contributed by atoms with E-state index < -0.39 is 0 Å². The van der Waals surface area contributed by atoms with Crippen molar-refractivity contribution in [2.45, 2.75) is 33.1 Å². The van der Waals surface area contributed by atoms with Gasteiger partial charge in [0.15, 0.2) is 0 Å². The second-order valence-corrected chi connectivity index (χ2v) is 7.55. The van der Waals surface area contributed by atoms with Crippen molar-refractivity contribution in [3.8, 4) is 0 Å². The minimum atomic E-state index is -0.176. The summed E-state index contributed by atoms with van der Waals surface area (Å²) in [6.45, 7) is 4.72. The van der Waals surface area contributed by atoms with Crippen LogP contribution < -0.4 is 10.6 Å². The number of anilines is 1. The summed E-state index contributed by atoms with van der Waals surface area (Å²) >= 11 is 0. The molecule has 0 bridgehead atoms. The Bertz CT molecular complexity index is 1050. The van der Waals surface area contributed by atoms with E-state index in [-0.39, 0.29) is 11.8 Å². The van der Waals surface area contributed by atoms with Gasteiger partial charge in [0.05, 0.1) is 11.1 Å². The molecule has 2 aromatic carbocycles. The number of aryl methyl sites for hydroxylation is 1. The van der Waals surface area contributed by atoms with E-state index in [2.05, 4.69) is 28.6 Å². The lowest BCUT2D eigenvalue weighted by molar-refractivity contribution is 0.0954. The monoisotopic (exact) mass is 375 g/mol. The summed E-state index contributed by atoms with van der Waals surface area (Å²) in [7, 11) is 0. The molecule has 1 heterocycles. The van der Waals surface area contributed by atoms with Gasteiger partial charge >= 0.3 is 0 Å². The first-order valence-corrected chi connectivity index (χ1v) is 9.89. The third-order valence-corrected chi connectivity index (χ3v) is 5.43. The molecule has 3 aromatic rings. The lowest BCUT2D eigenvalue weighted by Crippen LogP contribution is -2.22. The van der Waals surface area contributed by atoms with Crippen LogP contribution in [0.5, 0.6) is 0 Å². The average molecular weight is 375 g/mol. The van der Waals surface area contributed by atoms with Crippen molar-refractivity contribution in [1.82, 2.24) is 10.3 Å². The molecular weight excluding hydrogens is 350 g/mol. The number of hydrogen-bond donors (Lipinski definition) is 3. The standard InChI is InChI=1S/C23H25N3O2/c1-3-24-22(27)15-6-4-7-16(13-15)25-23(28)18-9-5-8-17-19-12-14(2)10-11-20(19)26-21(17)18/h4-9,13-14,26H,3,10-12H2,1-2H3,(H,24,27)(H,25,28). The van der Waals surface area contributed by atoms with E-state index in [0.29, 0.717) is 29.3 Å². The molecule has 1 aliphatic rings. The van der Waals surface area contributed by atoms with Crippen molar-refractivity contribution in [1.29, 1.82) is 0 Å². The minimum absolute atomic E-state index is 0.146. The fraction of sp³-hybridized carbons (Fsp3) is 0.304. The van der Waals surface area contributed by atoms with Crippen LogP contribution in [0, 0.1) is 5.92 Å². The number of aromatic amines is 1. The van der Waals surface area contributed by atoms with Gasteiger partial charge in [-0.25, -0.2) is 0 Å². The first-order valence-electron chi connectivity index (χ1n) is 9.89. The molecule has 144 valence electrons. The van der Waals surface area contributed by atoms with Crippen LogP contribution in [0.25, 0.3) is 10.9 Å². The second-order valence-electron chi connectivity index (χ2n) is 7.55. The molecule has 1 atom stereocenters. The third kappa shape index (κ3) is 3.40. The number of para-hydroxylation sites is 1. The second kappa shape index (κ2) is 7.50. The number of amides is 2. The average Bonchev–Trinajstić information content (AvgIpc) is 3.06. The van der Waals surface area contributed by atoms with E-state index in [4.69, 9.17) is 0 Å². The predicted octanol–water partition coefficient (Wildman–Crippen LogP) is 4.29. The van der Waals surface area contributed by atoms with Crippen molar-refractivity contribution < 1.29 is 9.59 Å². The molecule has 0 spiro atoms. The minimum Gasteiger partial charge on any atom is -0.358 e. The molecule has 0 saturated heterocycles. The molecule has 5 nitrogen and oxygen atoms in total. The molecule has 0 aliphatic heterocycles. The van der Waals surface area contributed by atoms with Crippen molar-refractivity contribution in [2.75, 3.05) is 11.9 Å². The van der Waals surface area contributed by atoms with Gasteiger partial charge < -0.3 is 15.6 Å². The van der Waals surface area contributed by atoms with Gasteiger partial charge in [-0.05, 0) is 61.9 Å². The Morgan fingerprint density at radius 2 is 1.96 bits per heavy atom. The zero-order valence-corrected chi connectivity index (χ0v) is 16.3. The number of H-pyrrole nitrogens is 1. The maximum absolute atomic E-state index is 13.0. The summed E-state index contributed by atoms with van der Waals surface area (Å²) in [5, 5.41) is 6.85. The fourth-order valence-corrected chi connectivity index (χ4v) is 4.00. The van der Waals surface area contributed by atoms with Gasteiger partial charge in [-0.3, -0.25) is 9.59 Å². The Hall–Kier alpha value is -3.08. The smallest absolute Gasteiger partial charge is 0.257 e. The highest BCUT2D eigenvalue weighted by atomic mass is 16.2. The Morgan fingerprint density at radius 3 is 2.79 bits per heavy atom. The molecule has 5 heteroatoms. The van der Waals surface area contributed by atoms with Gasteiger partial charge in [0, 0.05) is 28.9 Å². The van der Waals surface area contributed by atoms with Crippen LogP contribution in [-0.2, 0) is 12.8 Å². The van der Waals surface area contributed by atoms with Crippen molar-refractivity contribution in [3.05, 3.63) is 64.8 Å². The van der Waals surface area contributed by atoms with Gasteiger partial charge in [0.25, 0.3) is 11.8 Å². The first kappa shape index (κ1) is 18.3. The Labute approximate surface area is 164 Å². The number of rotatable bonds is 4. The summed E-state index contributed by atoms with van der Waals surface area (Å²) in [6.07, 6.45) is 3.25. The highest BCUT2D eigenvalue weighted by molar-refractivity contribution is 6.13. The molecule has 0 fully saturated rings. The van der Waals surface area contributed by atoms with Crippen LogP contribution in [0.15, 0.2) is 42.5 Å². The number of carbonyl (C=O) groups is 2. The topological polar surface area (TPSA) is 74.0 Å². The zero-order valence-electron chi connectivity index (χ0n) is 16.3. The normalized spacial score (nSPS) is 15.9. The van der Waals surface area contributed by atoms with Gasteiger partial charge in [-0.1, -0.05) is 25.1 Å². The van der Waals surface area contributed by atoms with E-state index in [1.54, 1.807) is 24.3 Å². The Balaban J connectivity index is 1.63. The summed E-state index contributed by atoms with van der Waals surface area (Å²) in [4.78, 5) is 28.5. The van der Waals surface area contributed by atoms with Crippen molar-refractivity contribution in [2.24, 2.45) is 5.92 Å². The highest BCUT2D eigenvalue weighted by Crippen LogP contribution is 2.33. The lowest BCUT2D eigenvalue weighted by atomic mass is 9.87. The molecule has 0 saturated carbocycles. The number of nitrogens with one attached hydrogen (secondary N) is 3. The summed E-state index contributed by atoms with van der Waals surface area (Å²) < 4.78 is 0. The third-order valence-electron chi connectivity index (χ3n) is 5.43. The van der Waals surface area contributed by atoms with E-state index in [1.807, 2.05) is 19.1 Å². The molecule has 4 rings (SSSR count). The molecule has 1 aromatic heterocycles. The maximum Gasteiger partial charge on any atom is 0.257 e. The molecule has 3 N–H and O–H groups in total. The van der Waals surface area contributed by atoms with Crippen LogP contribution in [0.4, 0.5) is 5.69 Å². The molecule has 1 unspecified atom stereocenters. The van der Waals surface area contributed by atoms with E-state index >= 15 is 0 Å². The maximum atomic E-state index is 13.0. The number of benzene rings is 2. The zero-order chi connectivity index (χ0) is 19.7. The number of fused-ring (bicyclic) bond motifs is 3. The summed E-state index contributed by atoms with van der Waals surface area (Å²) in [6, 6.07) is 12.9. The van der Waals surface area contributed by atoms with E-state index in [1.165, 1.54) is 17.7 Å². The van der Waals surface area contributed by atoms with E-state index in [9.17, 15) is 9.59 Å². The summed E-state index contributed by atoms with van der Waals surface area (Å²) in [5.41, 5.74) is 5.27. The SMILES string of the molecule is CCNC(=O)c1cccc(NC(=O)c2cccc3c4c([nH]c23)CCC(C)C4)c1. The Morgan fingerprint density at radius 1 is 1.14 bits per heavy atom. The van der Waals surface area contributed by atoms with Gasteiger partial charge in [-0.2, -0.15) is 0 Å². The van der Waals surface area contributed by atoms with Crippen molar-refractivity contribution >= 4 is 28.4 Å². The quantitative estimate of drug-likeness (QED) is 0.636. The van der Waals surface area contributed by atoms with Gasteiger partial charge in [0.2, 0.25) is 0 Å². The molecule has 0 radical (unpaired) electrons. The first-order chi connectivity index (χ1) is 13.6.